The lowest BCUT2D eigenvalue weighted by Gasteiger charge is -2.18. The summed E-state index contributed by atoms with van der Waals surface area (Å²) in [7, 11) is 1.54. The van der Waals surface area contributed by atoms with E-state index in [4.69, 9.17) is 9.47 Å². The Hall–Kier alpha value is -2.76. The van der Waals surface area contributed by atoms with Crippen molar-refractivity contribution in [2.45, 2.75) is 26.2 Å². The van der Waals surface area contributed by atoms with Crippen molar-refractivity contribution in [2.24, 2.45) is 0 Å². The molecule has 1 aromatic heterocycles. The first-order valence-electron chi connectivity index (χ1n) is 7.68. The van der Waals surface area contributed by atoms with Crippen LogP contribution in [0.2, 0.25) is 0 Å². The number of rotatable bonds is 6. The molecule has 6 nitrogen and oxygen atoms in total. The average Bonchev–Trinajstić information content (AvgIpc) is 2.53. The monoisotopic (exact) mass is 331 g/mol. The third-order valence-corrected chi connectivity index (χ3v) is 3.71. The lowest BCUT2D eigenvalue weighted by Crippen LogP contribution is -2.21. The van der Waals surface area contributed by atoms with E-state index in [0.29, 0.717) is 17.0 Å². The highest BCUT2D eigenvalue weighted by molar-refractivity contribution is 5.71. The van der Waals surface area contributed by atoms with E-state index in [0.717, 1.165) is 0 Å². The number of hydrogen-bond donors (Lipinski definition) is 2. The van der Waals surface area contributed by atoms with Crippen molar-refractivity contribution in [3.8, 4) is 11.5 Å². The number of pyridine rings is 1. The number of methoxy groups -OCH3 is 1. The van der Waals surface area contributed by atoms with E-state index >= 15 is 0 Å². The molecule has 0 amide bonds. The van der Waals surface area contributed by atoms with Gasteiger partial charge in [0.2, 0.25) is 0 Å². The minimum absolute atomic E-state index is 0.0549. The number of nitrogens with one attached hydrogen (secondary N) is 1. The highest BCUT2D eigenvalue weighted by Crippen LogP contribution is 2.33. The van der Waals surface area contributed by atoms with Crippen LogP contribution in [0.15, 0.2) is 35.1 Å². The van der Waals surface area contributed by atoms with Gasteiger partial charge < -0.3 is 19.6 Å². The number of hydrogen-bond acceptors (Lipinski definition) is 5. The van der Waals surface area contributed by atoms with Gasteiger partial charge in [0.15, 0.2) is 0 Å². The number of carbonyl (C=O) groups is 1. The summed E-state index contributed by atoms with van der Waals surface area (Å²) in [4.78, 5) is 27.0. The molecule has 6 heteroatoms. The second-order valence-corrected chi connectivity index (χ2v) is 5.42. The van der Waals surface area contributed by atoms with E-state index < -0.39 is 17.4 Å². The van der Waals surface area contributed by atoms with Crippen LogP contribution in [0.5, 0.6) is 11.5 Å². The van der Waals surface area contributed by atoms with E-state index in [-0.39, 0.29) is 24.3 Å². The molecule has 0 saturated heterocycles. The highest BCUT2D eigenvalue weighted by Gasteiger charge is 2.25. The van der Waals surface area contributed by atoms with Gasteiger partial charge in [-0.2, -0.15) is 0 Å². The Labute approximate surface area is 140 Å². The Morgan fingerprint density at radius 1 is 1.33 bits per heavy atom. The van der Waals surface area contributed by atoms with Gasteiger partial charge in [-0.15, -0.1) is 0 Å². The van der Waals surface area contributed by atoms with E-state index in [2.05, 4.69) is 4.98 Å². The smallest absolute Gasteiger partial charge is 0.306 e. The molecule has 2 N–H and O–H groups in total. The molecule has 0 spiro atoms. The maximum absolute atomic E-state index is 12.4. The van der Waals surface area contributed by atoms with Crippen LogP contribution in [0.3, 0.4) is 0 Å². The van der Waals surface area contributed by atoms with Crippen LogP contribution >= 0.6 is 0 Å². The van der Waals surface area contributed by atoms with Crippen molar-refractivity contribution in [1.29, 1.82) is 0 Å². The Bertz CT molecular complexity index is 781. The Morgan fingerprint density at radius 2 is 2.08 bits per heavy atom. The summed E-state index contributed by atoms with van der Waals surface area (Å²) in [5, 5.41) is 10.3. The Kier molecular flexibility index (Phi) is 5.63. The van der Waals surface area contributed by atoms with Crippen molar-refractivity contribution in [2.75, 3.05) is 13.7 Å². The van der Waals surface area contributed by atoms with E-state index in [1.54, 1.807) is 38.1 Å². The molecule has 0 bridgehead atoms. The molecule has 24 heavy (non-hydrogen) atoms. The summed E-state index contributed by atoms with van der Waals surface area (Å²) in [5.41, 5.74) is 0.945. The molecule has 1 atom stereocenters. The van der Waals surface area contributed by atoms with Crippen molar-refractivity contribution >= 4 is 5.97 Å². The predicted octanol–water partition coefficient (Wildman–Crippen LogP) is 2.48. The van der Waals surface area contributed by atoms with Crippen LogP contribution in [-0.2, 0) is 9.53 Å². The Morgan fingerprint density at radius 3 is 2.71 bits per heavy atom. The molecule has 1 heterocycles. The third kappa shape index (κ3) is 3.95. The molecule has 0 unspecified atom stereocenters. The predicted molar refractivity (Wildman–Crippen MR) is 89.6 cm³/mol. The van der Waals surface area contributed by atoms with E-state index in [9.17, 15) is 14.7 Å². The summed E-state index contributed by atoms with van der Waals surface area (Å²) in [5.74, 6) is -0.619. The summed E-state index contributed by atoms with van der Waals surface area (Å²) in [6, 6.07) is 8.53. The number of H-pyrrole nitrogens is 1. The number of aromatic nitrogens is 1. The second-order valence-electron chi connectivity index (χ2n) is 5.42. The molecule has 2 rings (SSSR count). The lowest BCUT2D eigenvalue weighted by molar-refractivity contribution is -0.143. The van der Waals surface area contributed by atoms with Crippen LogP contribution in [0.25, 0.3) is 0 Å². The second kappa shape index (κ2) is 7.68. The van der Waals surface area contributed by atoms with Crippen molar-refractivity contribution in [3.05, 3.63) is 57.5 Å². The van der Waals surface area contributed by atoms with Crippen LogP contribution in [0.1, 0.15) is 36.1 Å². The molecule has 0 aliphatic carbocycles. The van der Waals surface area contributed by atoms with Gasteiger partial charge in [-0.25, -0.2) is 0 Å². The number of aromatic hydroxyl groups is 1. The number of ether oxygens (including phenoxy) is 2. The minimum Gasteiger partial charge on any atom is -0.507 e. The van der Waals surface area contributed by atoms with Crippen LogP contribution in [-0.4, -0.2) is 29.8 Å². The summed E-state index contributed by atoms with van der Waals surface area (Å²) in [6.07, 6.45) is -0.0549. The van der Waals surface area contributed by atoms with E-state index in [1.807, 2.05) is 0 Å². The van der Waals surface area contributed by atoms with Gasteiger partial charge in [-0.3, -0.25) is 9.59 Å². The van der Waals surface area contributed by atoms with E-state index in [1.165, 1.54) is 13.2 Å². The molecule has 2 aromatic rings. The lowest BCUT2D eigenvalue weighted by atomic mass is 9.88. The molecular weight excluding hydrogens is 310 g/mol. The molecular formula is C18H21NO5. The normalized spacial score (nSPS) is 11.8. The Balaban J connectivity index is 2.54. The van der Waals surface area contributed by atoms with Gasteiger partial charge in [-0.05, 0) is 37.6 Å². The zero-order valence-corrected chi connectivity index (χ0v) is 14.0. The maximum atomic E-state index is 12.4. The number of aryl methyl sites for hydroxylation is 1. The quantitative estimate of drug-likeness (QED) is 0.794. The molecule has 0 aliphatic rings. The van der Waals surface area contributed by atoms with Crippen molar-refractivity contribution in [3.63, 3.8) is 0 Å². The van der Waals surface area contributed by atoms with Gasteiger partial charge in [0.25, 0.3) is 5.56 Å². The molecule has 0 radical (unpaired) electrons. The van der Waals surface area contributed by atoms with Crippen LogP contribution in [0.4, 0.5) is 0 Å². The molecule has 0 saturated carbocycles. The van der Waals surface area contributed by atoms with Crippen LogP contribution in [0, 0.1) is 6.92 Å². The summed E-state index contributed by atoms with van der Waals surface area (Å²) in [6.45, 7) is 3.64. The number of aromatic amines is 1. The van der Waals surface area contributed by atoms with Gasteiger partial charge in [0.05, 0.1) is 25.7 Å². The molecule has 128 valence electrons. The SMILES string of the molecule is CCOC(=O)C[C@@H](c1cccc(OC)c1)c1c(O)cc(C)[nH]c1=O. The van der Waals surface area contributed by atoms with Gasteiger partial charge in [0.1, 0.15) is 11.5 Å². The molecule has 0 aliphatic heterocycles. The number of benzene rings is 1. The molecule has 0 fully saturated rings. The van der Waals surface area contributed by atoms with Gasteiger partial charge in [0, 0.05) is 11.6 Å². The fourth-order valence-electron chi connectivity index (χ4n) is 2.65. The number of carbonyl (C=O) groups excluding carboxylic acids is 1. The fraction of sp³-hybridized carbons (Fsp3) is 0.333. The van der Waals surface area contributed by atoms with Gasteiger partial charge >= 0.3 is 5.97 Å². The minimum atomic E-state index is -0.636. The standard InChI is InChI=1S/C18H21NO5/c1-4-24-16(21)10-14(12-6-5-7-13(9-12)23-3)17-15(20)8-11(2)19-18(17)22/h5-9,14H,4,10H2,1-3H3,(H2,19,20,22)/t14-/m0/s1. The summed E-state index contributed by atoms with van der Waals surface area (Å²) < 4.78 is 10.2. The first-order valence-corrected chi connectivity index (χ1v) is 7.68. The largest absolute Gasteiger partial charge is 0.507 e. The third-order valence-electron chi connectivity index (χ3n) is 3.71. The van der Waals surface area contributed by atoms with Gasteiger partial charge in [-0.1, -0.05) is 12.1 Å². The zero-order chi connectivity index (χ0) is 17.7. The average molecular weight is 331 g/mol. The number of esters is 1. The fourth-order valence-corrected chi connectivity index (χ4v) is 2.65. The molecule has 1 aromatic carbocycles. The first kappa shape index (κ1) is 17.6. The highest BCUT2D eigenvalue weighted by atomic mass is 16.5. The topological polar surface area (TPSA) is 88.6 Å². The summed E-state index contributed by atoms with van der Waals surface area (Å²) >= 11 is 0. The van der Waals surface area contributed by atoms with Crippen molar-refractivity contribution < 1.29 is 19.4 Å². The maximum Gasteiger partial charge on any atom is 0.306 e. The zero-order valence-electron chi connectivity index (χ0n) is 14.0. The first-order chi connectivity index (χ1) is 11.5. The van der Waals surface area contributed by atoms with Crippen molar-refractivity contribution in [1.82, 2.24) is 4.98 Å². The van der Waals surface area contributed by atoms with Crippen LogP contribution < -0.4 is 10.3 Å².